The molecule has 55 heavy (non-hydrogen) atoms. The molecule has 0 radical (unpaired) electrons. The third kappa shape index (κ3) is 5.12. The molecule has 0 atom stereocenters. The molecule has 4 fully saturated rings. The number of aromatic nitrogens is 4. The summed E-state index contributed by atoms with van der Waals surface area (Å²) in [6, 6.07) is 46.4. The number of benzene rings is 5. The van der Waals surface area contributed by atoms with Crippen LogP contribution in [0.25, 0.3) is 44.3 Å². The monoisotopic (exact) mass is 718 g/mol. The molecule has 0 unspecified atom stereocenters. The van der Waals surface area contributed by atoms with E-state index in [4.69, 9.17) is 9.72 Å². The Morgan fingerprint density at radius 3 is 2.09 bits per heavy atom. The van der Waals surface area contributed by atoms with E-state index in [-0.39, 0.29) is 10.8 Å². The summed E-state index contributed by atoms with van der Waals surface area (Å²) in [5.41, 5.74) is 9.37. The van der Waals surface area contributed by atoms with Crippen molar-refractivity contribution in [3.63, 3.8) is 0 Å². The first-order valence-corrected chi connectivity index (χ1v) is 20.1. The number of ether oxygens (including phenoxy) is 1. The number of pyridine rings is 1. The van der Waals surface area contributed by atoms with Gasteiger partial charge in [-0.15, -0.1) is 0 Å². The smallest absolute Gasteiger partial charge is 0.137 e. The number of fused-ring (bicyclic) bond motifs is 4. The molecule has 5 aromatic carbocycles. The minimum atomic E-state index is -0.0774. The summed E-state index contributed by atoms with van der Waals surface area (Å²) in [5.74, 6) is 5.65. The summed E-state index contributed by atoms with van der Waals surface area (Å²) < 4.78 is 11.4. The van der Waals surface area contributed by atoms with Gasteiger partial charge in [-0.1, -0.05) is 81.4 Å². The molecule has 3 heterocycles. The predicted octanol–water partition coefficient (Wildman–Crippen LogP) is 12.3. The minimum Gasteiger partial charge on any atom is -0.457 e. The van der Waals surface area contributed by atoms with E-state index in [9.17, 15) is 0 Å². The zero-order chi connectivity index (χ0) is 36.9. The van der Waals surface area contributed by atoms with Crippen LogP contribution >= 0.6 is 0 Å². The molecule has 272 valence electrons. The number of rotatable bonds is 6. The fourth-order valence-electron chi connectivity index (χ4n) is 11.3. The molecule has 0 saturated heterocycles. The van der Waals surface area contributed by atoms with Gasteiger partial charge in [0.1, 0.15) is 23.6 Å². The standard InChI is InChI=1S/C50H46N4O/c1-49(2,3)36-26-39(53-31-52-44-14-8-10-16-46(44)53)29-41(27-36)55-40-17-18-43-42-13-7-9-15-45(42)54(47(43)30-40)48-28-35(19-20-51-48)50(34-11-5-4-6-12-34)37-22-32-21-33(24-37)25-38(50)23-32/h4-20,26-33,37-38H,21-25H2,1-3H3. The van der Waals surface area contributed by atoms with Crippen LogP contribution in [-0.2, 0) is 10.8 Å². The van der Waals surface area contributed by atoms with E-state index in [0.29, 0.717) is 11.8 Å². The normalized spacial score (nSPS) is 23.3. The van der Waals surface area contributed by atoms with Gasteiger partial charge in [-0.2, -0.15) is 0 Å². The van der Waals surface area contributed by atoms with Gasteiger partial charge in [-0.25, -0.2) is 9.97 Å². The van der Waals surface area contributed by atoms with Crippen molar-refractivity contribution in [1.29, 1.82) is 0 Å². The highest BCUT2D eigenvalue weighted by atomic mass is 16.5. The van der Waals surface area contributed by atoms with E-state index in [0.717, 1.165) is 56.9 Å². The second-order valence-electron chi connectivity index (χ2n) is 17.6. The fraction of sp³-hybridized carbons (Fsp3) is 0.280. The first kappa shape index (κ1) is 32.7. The molecule has 3 aromatic heterocycles. The van der Waals surface area contributed by atoms with Gasteiger partial charge in [-0.05, 0) is 132 Å². The topological polar surface area (TPSA) is 44.9 Å². The van der Waals surface area contributed by atoms with E-state index in [1.54, 1.807) is 0 Å². The van der Waals surface area contributed by atoms with E-state index >= 15 is 0 Å². The summed E-state index contributed by atoms with van der Waals surface area (Å²) in [6.07, 6.45) is 10.8. The number of hydrogen-bond donors (Lipinski definition) is 0. The molecule has 0 aliphatic heterocycles. The second-order valence-corrected chi connectivity index (χ2v) is 17.6. The molecule has 0 spiro atoms. The molecule has 4 saturated carbocycles. The van der Waals surface area contributed by atoms with Gasteiger partial charge in [0.2, 0.25) is 0 Å². The minimum absolute atomic E-state index is 0.00967. The van der Waals surface area contributed by atoms with Crippen molar-refractivity contribution in [2.75, 3.05) is 0 Å². The Bertz CT molecular complexity index is 2720. The zero-order valence-electron chi connectivity index (χ0n) is 31.8. The van der Waals surface area contributed by atoms with Gasteiger partial charge in [0.15, 0.2) is 0 Å². The molecule has 0 amide bonds. The molecule has 4 aliphatic carbocycles. The van der Waals surface area contributed by atoms with Gasteiger partial charge < -0.3 is 4.74 Å². The zero-order valence-corrected chi connectivity index (χ0v) is 31.8. The summed E-state index contributed by atoms with van der Waals surface area (Å²) >= 11 is 0. The Kier molecular flexibility index (Phi) is 7.24. The predicted molar refractivity (Wildman–Crippen MR) is 223 cm³/mol. The Labute approximate surface area is 322 Å². The third-order valence-electron chi connectivity index (χ3n) is 13.5. The third-order valence-corrected chi connectivity index (χ3v) is 13.5. The lowest BCUT2D eigenvalue weighted by Gasteiger charge is -2.62. The van der Waals surface area contributed by atoms with Crippen LogP contribution in [-0.4, -0.2) is 19.1 Å². The van der Waals surface area contributed by atoms with Crippen LogP contribution in [0.2, 0.25) is 0 Å². The average molecular weight is 719 g/mol. The van der Waals surface area contributed by atoms with Gasteiger partial charge in [0, 0.05) is 34.5 Å². The average Bonchev–Trinajstić information content (AvgIpc) is 3.77. The first-order valence-electron chi connectivity index (χ1n) is 20.1. The maximum absolute atomic E-state index is 6.85. The molecular weight excluding hydrogens is 673 g/mol. The summed E-state index contributed by atoms with van der Waals surface area (Å²) in [6.45, 7) is 6.75. The summed E-state index contributed by atoms with van der Waals surface area (Å²) in [4.78, 5) is 9.84. The Balaban J connectivity index is 1.05. The molecule has 4 aliphatic rings. The number of hydrogen-bond acceptors (Lipinski definition) is 3. The number of para-hydroxylation sites is 3. The number of nitrogens with zero attached hydrogens (tertiary/aromatic N) is 4. The van der Waals surface area contributed by atoms with Crippen LogP contribution in [0.15, 0.2) is 140 Å². The lowest BCUT2D eigenvalue weighted by atomic mass is 9.42. The highest BCUT2D eigenvalue weighted by Gasteiger charge is 2.58. The van der Waals surface area contributed by atoms with Crippen LogP contribution in [0.1, 0.15) is 69.6 Å². The van der Waals surface area contributed by atoms with Crippen molar-refractivity contribution >= 4 is 32.8 Å². The van der Waals surface area contributed by atoms with Crippen molar-refractivity contribution in [1.82, 2.24) is 19.1 Å². The Hall–Kier alpha value is -5.68. The van der Waals surface area contributed by atoms with Crippen molar-refractivity contribution in [3.8, 4) is 23.0 Å². The SMILES string of the molecule is CC(C)(C)c1cc(Oc2ccc3c4ccccc4n(-c4cc(C5(c6ccccc6)C6CC7CC(C6)CC5C7)ccn4)c3c2)cc(-n2cnc3ccccc32)c1. The van der Waals surface area contributed by atoms with Crippen molar-refractivity contribution in [2.24, 2.45) is 23.7 Å². The van der Waals surface area contributed by atoms with E-state index in [1.165, 1.54) is 59.6 Å². The van der Waals surface area contributed by atoms with E-state index < -0.39 is 0 Å². The van der Waals surface area contributed by atoms with E-state index in [2.05, 4.69) is 162 Å². The maximum atomic E-state index is 6.85. The highest BCUT2D eigenvalue weighted by molar-refractivity contribution is 6.09. The molecule has 0 N–H and O–H groups in total. The Morgan fingerprint density at radius 1 is 0.600 bits per heavy atom. The van der Waals surface area contributed by atoms with Gasteiger partial charge in [0.05, 0.1) is 27.8 Å². The van der Waals surface area contributed by atoms with Crippen molar-refractivity contribution < 1.29 is 4.74 Å². The molecule has 5 nitrogen and oxygen atoms in total. The van der Waals surface area contributed by atoms with Crippen LogP contribution in [0.4, 0.5) is 0 Å². The van der Waals surface area contributed by atoms with E-state index in [1.807, 2.05) is 12.4 Å². The lowest BCUT2D eigenvalue weighted by Crippen LogP contribution is -2.56. The quantitative estimate of drug-likeness (QED) is 0.172. The highest BCUT2D eigenvalue weighted by Crippen LogP contribution is 2.65. The first-order chi connectivity index (χ1) is 26.8. The van der Waals surface area contributed by atoms with Crippen molar-refractivity contribution in [3.05, 3.63) is 157 Å². The lowest BCUT2D eigenvalue weighted by molar-refractivity contribution is -0.0418. The van der Waals surface area contributed by atoms with Gasteiger partial charge >= 0.3 is 0 Å². The Morgan fingerprint density at radius 2 is 1.31 bits per heavy atom. The van der Waals surface area contributed by atoms with Crippen LogP contribution in [0.3, 0.4) is 0 Å². The fourth-order valence-corrected chi connectivity index (χ4v) is 11.3. The molecule has 4 bridgehead atoms. The molecule has 12 rings (SSSR count). The maximum Gasteiger partial charge on any atom is 0.137 e. The largest absolute Gasteiger partial charge is 0.457 e. The molecule has 8 aromatic rings. The summed E-state index contributed by atoms with van der Waals surface area (Å²) in [5, 5.41) is 2.41. The summed E-state index contributed by atoms with van der Waals surface area (Å²) in [7, 11) is 0. The van der Waals surface area contributed by atoms with Crippen LogP contribution in [0, 0.1) is 23.7 Å². The van der Waals surface area contributed by atoms with Gasteiger partial charge in [-0.3, -0.25) is 9.13 Å². The van der Waals surface area contributed by atoms with Gasteiger partial charge in [0.25, 0.3) is 0 Å². The van der Waals surface area contributed by atoms with Crippen molar-refractivity contribution in [2.45, 2.75) is 63.7 Å². The number of imidazole rings is 1. The molecular formula is C50H46N4O. The molecule has 5 heteroatoms. The van der Waals surface area contributed by atoms with Crippen LogP contribution < -0.4 is 4.74 Å². The second kappa shape index (κ2) is 12.2. The van der Waals surface area contributed by atoms with Crippen LogP contribution in [0.5, 0.6) is 11.5 Å².